The molecule has 43 heavy (non-hydrogen) atoms. The third-order valence-corrected chi connectivity index (χ3v) is 8.86. The molecule has 0 spiro atoms. The molecule has 0 fully saturated rings. The van der Waals surface area contributed by atoms with Gasteiger partial charge in [-0.1, -0.05) is 140 Å². The Balaban J connectivity index is 1.57. The van der Waals surface area contributed by atoms with Crippen molar-refractivity contribution < 1.29 is 4.42 Å². The number of fused-ring (bicyclic) bond motifs is 7. The van der Waals surface area contributed by atoms with Crippen molar-refractivity contribution in [1.29, 1.82) is 0 Å². The van der Waals surface area contributed by atoms with Crippen LogP contribution < -0.4 is 0 Å². The average molecular weight is 547 g/mol. The molecule has 9 aromatic rings. The van der Waals surface area contributed by atoms with E-state index in [0.29, 0.717) is 0 Å². The zero-order valence-electron chi connectivity index (χ0n) is 23.4. The van der Waals surface area contributed by atoms with Crippen molar-refractivity contribution in [1.82, 2.24) is 0 Å². The molecule has 0 aliphatic carbocycles. The highest BCUT2D eigenvalue weighted by atomic mass is 16.3. The quantitative estimate of drug-likeness (QED) is 0.201. The van der Waals surface area contributed by atoms with Crippen LogP contribution in [-0.4, -0.2) is 0 Å². The summed E-state index contributed by atoms with van der Waals surface area (Å²) in [7, 11) is 0. The Morgan fingerprint density at radius 1 is 0.326 bits per heavy atom. The second-order valence-corrected chi connectivity index (χ2v) is 11.2. The van der Waals surface area contributed by atoms with Crippen LogP contribution in [0.25, 0.3) is 87.6 Å². The molecule has 0 atom stereocenters. The van der Waals surface area contributed by atoms with Crippen molar-refractivity contribution in [3.8, 4) is 33.4 Å². The fraction of sp³-hybridized carbons (Fsp3) is 0. The molecular weight excluding hydrogens is 520 g/mol. The van der Waals surface area contributed by atoms with Crippen LogP contribution in [0.2, 0.25) is 0 Å². The van der Waals surface area contributed by atoms with Gasteiger partial charge in [0.1, 0.15) is 11.2 Å². The number of hydrogen-bond acceptors (Lipinski definition) is 1. The lowest BCUT2D eigenvalue weighted by Gasteiger charge is -2.22. The summed E-state index contributed by atoms with van der Waals surface area (Å²) in [6.45, 7) is 0. The molecule has 0 radical (unpaired) electrons. The van der Waals surface area contributed by atoms with E-state index >= 15 is 0 Å². The van der Waals surface area contributed by atoms with Crippen LogP contribution >= 0.6 is 0 Å². The molecule has 1 heteroatoms. The average Bonchev–Trinajstić information content (AvgIpc) is 3.47. The standard InChI is InChI=1S/C42H26O/c1-2-12-28(13-3-1)36-26-37-31-18-7-5-15-29(31)24-25-33(37)41(42(36)32-20-10-16-27-14-4-6-17-30(27)32)35-21-11-23-39-40(35)34-19-8-9-22-38(34)43-39/h1-26H. The smallest absolute Gasteiger partial charge is 0.136 e. The Morgan fingerprint density at radius 2 is 0.953 bits per heavy atom. The summed E-state index contributed by atoms with van der Waals surface area (Å²) in [6, 6.07) is 56.9. The van der Waals surface area contributed by atoms with Crippen LogP contribution in [0.1, 0.15) is 0 Å². The first-order valence-corrected chi connectivity index (χ1v) is 14.8. The van der Waals surface area contributed by atoms with Crippen LogP contribution in [0, 0.1) is 0 Å². The zero-order valence-corrected chi connectivity index (χ0v) is 23.4. The molecule has 0 saturated heterocycles. The van der Waals surface area contributed by atoms with Gasteiger partial charge in [0.05, 0.1) is 0 Å². The summed E-state index contributed by atoms with van der Waals surface area (Å²) >= 11 is 0. The molecule has 0 aliphatic heterocycles. The van der Waals surface area contributed by atoms with Gasteiger partial charge >= 0.3 is 0 Å². The third-order valence-electron chi connectivity index (χ3n) is 8.86. The second kappa shape index (κ2) is 9.44. The minimum atomic E-state index is 0.904. The molecule has 0 saturated carbocycles. The maximum Gasteiger partial charge on any atom is 0.136 e. The lowest BCUT2D eigenvalue weighted by molar-refractivity contribution is 0.669. The lowest BCUT2D eigenvalue weighted by atomic mass is 9.81. The highest BCUT2D eigenvalue weighted by molar-refractivity contribution is 6.24. The number of furan rings is 1. The SMILES string of the molecule is c1ccc(-c2cc3c(ccc4ccccc43)c(-c3cccc4oc5ccccc5c34)c2-c2cccc3ccccc23)cc1. The van der Waals surface area contributed by atoms with E-state index in [9.17, 15) is 0 Å². The van der Waals surface area contributed by atoms with E-state index in [4.69, 9.17) is 4.42 Å². The van der Waals surface area contributed by atoms with E-state index in [-0.39, 0.29) is 0 Å². The highest BCUT2D eigenvalue weighted by Crippen LogP contribution is 2.50. The van der Waals surface area contributed by atoms with Gasteiger partial charge < -0.3 is 4.42 Å². The predicted octanol–water partition coefficient (Wildman–Crippen LogP) is 12.0. The number of para-hydroxylation sites is 1. The van der Waals surface area contributed by atoms with Gasteiger partial charge in [0, 0.05) is 10.8 Å². The van der Waals surface area contributed by atoms with E-state index in [0.717, 1.165) is 21.9 Å². The maximum absolute atomic E-state index is 6.43. The van der Waals surface area contributed by atoms with Crippen LogP contribution in [-0.2, 0) is 0 Å². The molecule has 0 bridgehead atoms. The monoisotopic (exact) mass is 546 g/mol. The topological polar surface area (TPSA) is 13.1 Å². The zero-order chi connectivity index (χ0) is 28.3. The predicted molar refractivity (Wildman–Crippen MR) is 183 cm³/mol. The fourth-order valence-corrected chi connectivity index (χ4v) is 6.99. The first-order valence-electron chi connectivity index (χ1n) is 14.8. The molecule has 9 rings (SSSR count). The first-order chi connectivity index (χ1) is 21.3. The molecule has 0 aliphatic rings. The molecule has 200 valence electrons. The van der Waals surface area contributed by atoms with Gasteiger partial charge in [-0.15, -0.1) is 0 Å². The molecular formula is C42H26O. The molecule has 8 aromatic carbocycles. The summed E-state index contributed by atoms with van der Waals surface area (Å²) in [5, 5.41) is 9.75. The maximum atomic E-state index is 6.43. The van der Waals surface area contributed by atoms with E-state index < -0.39 is 0 Å². The van der Waals surface area contributed by atoms with E-state index in [1.165, 1.54) is 65.7 Å². The summed E-state index contributed by atoms with van der Waals surface area (Å²) in [4.78, 5) is 0. The van der Waals surface area contributed by atoms with E-state index in [1.54, 1.807) is 0 Å². The molecule has 0 unspecified atom stereocenters. The van der Waals surface area contributed by atoms with Crippen LogP contribution in [0.5, 0.6) is 0 Å². The Bertz CT molecular complexity index is 2490. The molecule has 0 amide bonds. The van der Waals surface area contributed by atoms with Gasteiger partial charge in [-0.05, 0) is 83.9 Å². The van der Waals surface area contributed by atoms with Crippen LogP contribution in [0.15, 0.2) is 162 Å². The van der Waals surface area contributed by atoms with Gasteiger partial charge in [0.25, 0.3) is 0 Å². The Morgan fingerprint density at radius 3 is 1.81 bits per heavy atom. The van der Waals surface area contributed by atoms with Crippen molar-refractivity contribution in [3.05, 3.63) is 158 Å². The third kappa shape index (κ3) is 3.65. The Kier molecular flexibility index (Phi) is 5.27. The van der Waals surface area contributed by atoms with Crippen LogP contribution in [0.4, 0.5) is 0 Å². The summed E-state index contributed by atoms with van der Waals surface area (Å²) in [5.41, 5.74) is 9.12. The van der Waals surface area contributed by atoms with Crippen molar-refractivity contribution in [3.63, 3.8) is 0 Å². The normalized spacial score (nSPS) is 11.7. The second-order valence-electron chi connectivity index (χ2n) is 11.2. The van der Waals surface area contributed by atoms with Gasteiger partial charge in [0.15, 0.2) is 0 Å². The van der Waals surface area contributed by atoms with Gasteiger partial charge in [0.2, 0.25) is 0 Å². The van der Waals surface area contributed by atoms with Crippen molar-refractivity contribution in [2.24, 2.45) is 0 Å². The van der Waals surface area contributed by atoms with Crippen molar-refractivity contribution in [2.45, 2.75) is 0 Å². The number of rotatable bonds is 3. The Hall–Kier alpha value is -5.66. The minimum absolute atomic E-state index is 0.904. The fourth-order valence-electron chi connectivity index (χ4n) is 6.99. The van der Waals surface area contributed by atoms with Gasteiger partial charge in [-0.2, -0.15) is 0 Å². The van der Waals surface area contributed by atoms with Crippen molar-refractivity contribution >= 4 is 54.3 Å². The number of hydrogen-bond donors (Lipinski definition) is 0. The lowest BCUT2D eigenvalue weighted by Crippen LogP contribution is -1.95. The largest absolute Gasteiger partial charge is 0.456 e. The van der Waals surface area contributed by atoms with Gasteiger partial charge in [-0.25, -0.2) is 0 Å². The highest BCUT2D eigenvalue weighted by Gasteiger charge is 2.23. The van der Waals surface area contributed by atoms with Crippen LogP contribution in [0.3, 0.4) is 0 Å². The molecule has 0 N–H and O–H groups in total. The van der Waals surface area contributed by atoms with Crippen molar-refractivity contribution in [2.75, 3.05) is 0 Å². The minimum Gasteiger partial charge on any atom is -0.456 e. The molecule has 1 heterocycles. The summed E-state index contributed by atoms with van der Waals surface area (Å²) in [6.07, 6.45) is 0. The Labute approximate surface area is 249 Å². The first kappa shape index (κ1) is 24.0. The number of benzene rings is 8. The van der Waals surface area contributed by atoms with Gasteiger partial charge in [-0.3, -0.25) is 0 Å². The van der Waals surface area contributed by atoms with E-state index in [2.05, 4.69) is 152 Å². The summed E-state index contributed by atoms with van der Waals surface area (Å²) < 4.78 is 6.43. The molecule has 1 nitrogen and oxygen atoms in total. The van der Waals surface area contributed by atoms with E-state index in [1.807, 2.05) is 6.07 Å². The summed E-state index contributed by atoms with van der Waals surface area (Å²) in [5.74, 6) is 0. The molecule has 1 aromatic heterocycles.